The number of benzene rings is 2. The highest BCUT2D eigenvalue weighted by Gasteiger charge is 2.62. The van der Waals surface area contributed by atoms with E-state index < -0.39 is 45.6 Å². The maximum atomic E-state index is 14.1. The van der Waals surface area contributed by atoms with Crippen LogP contribution in [0.1, 0.15) is 27.9 Å². The normalized spacial score (nSPS) is 19.1. The Kier molecular flexibility index (Phi) is 4.70. The maximum absolute atomic E-state index is 14.1. The van der Waals surface area contributed by atoms with Gasteiger partial charge in [0.25, 0.3) is 5.60 Å². The summed E-state index contributed by atoms with van der Waals surface area (Å²) in [7, 11) is 0. The van der Waals surface area contributed by atoms with Crippen LogP contribution >= 0.6 is 23.2 Å². The van der Waals surface area contributed by atoms with Gasteiger partial charge >= 0.3 is 12.1 Å². The molecule has 0 amide bonds. The molecule has 1 aliphatic rings. The summed E-state index contributed by atoms with van der Waals surface area (Å²) in [4.78, 5) is 16.2. The Bertz CT molecular complexity index is 1200. The molecule has 2 heterocycles. The lowest BCUT2D eigenvalue weighted by atomic mass is 9.86. The van der Waals surface area contributed by atoms with E-state index in [0.717, 1.165) is 12.1 Å². The number of aromatic carboxylic acids is 1. The minimum absolute atomic E-state index is 0.0138. The molecule has 1 atom stereocenters. The molecule has 30 heavy (non-hydrogen) atoms. The molecule has 2 aromatic carbocycles. The molecule has 1 aliphatic heterocycles. The molecule has 0 radical (unpaired) electrons. The third-order valence-corrected chi connectivity index (χ3v) is 5.34. The van der Waals surface area contributed by atoms with E-state index in [-0.39, 0.29) is 27.8 Å². The predicted molar refractivity (Wildman–Crippen MR) is 99.6 cm³/mol. The zero-order valence-corrected chi connectivity index (χ0v) is 16.1. The fourth-order valence-corrected chi connectivity index (χ4v) is 3.81. The number of rotatable bonds is 3. The molecule has 1 aromatic heterocycles. The Morgan fingerprint density at radius 3 is 2.43 bits per heavy atom. The zero-order chi connectivity index (χ0) is 21.8. The summed E-state index contributed by atoms with van der Waals surface area (Å²) in [5.41, 5.74) is -3.54. The summed E-state index contributed by atoms with van der Waals surface area (Å²) in [5.74, 6) is -2.31. The van der Waals surface area contributed by atoms with Crippen molar-refractivity contribution in [2.75, 3.05) is 0 Å². The van der Waals surface area contributed by atoms with Crippen molar-refractivity contribution < 1.29 is 36.7 Å². The van der Waals surface area contributed by atoms with Gasteiger partial charge in [-0.25, -0.2) is 9.18 Å². The number of carbonyl (C=O) groups is 1. The molecule has 1 N–H and O–H groups in total. The first kappa shape index (κ1) is 20.5. The van der Waals surface area contributed by atoms with Crippen molar-refractivity contribution in [3.63, 3.8) is 0 Å². The molecule has 0 aliphatic carbocycles. The lowest BCUT2D eigenvalue weighted by Gasteiger charge is -2.29. The summed E-state index contributed by atoms with van der Waals surface area (Å²) >= 11 is 11.4. The maximum Gasteiger partial charge on any atom is 0.435 e. The number of carboxylic acid groups (broad SMARTS) is 1. The van der Waals surface area contributed by atoms with Crippen molar-refractivity contribution in [1.29, 1.82) is 0 Å². The lowest BCUT2D eigenvalue weighted by Crippen LogP contribution is -2.42. The van der Waals surface area contributed by atoms with Crippen LogP contribution in [-0.4, -0.2) is 23.0 Å². The molecule has 0 spiro atoms. The summed E-state index contributed by atoms with van der Waals surface area (Å²) < 4.78 is 61.2. The van der Waals surface area contributed by atoms with Crippen molar-refractivity contribution >= 4 is 45.9 Å². The first-order chi connectivity index (χ1) is 14.0. The Morgan fingerprint density at radius 1 is 1.17 bits per heavy atom. The fourth-order valence-electron chi connectivity index (χ4n) is 3.32. The molecule has 5 nitrogen and oxygen atoms in total. The molecular formula is C19H9Cl2F4NO4. The second-order valence-corrected chi connectivity index (χ2v) is 7.33. The quantitative estimate of drug-likeness (QED) is 0.374. The van der Waals surface area contributed by atoms with Crippen LogP contribution in [0.5, 0.6) is 0 Å². The third kappa shape index (κ3) is 3.00. The molecule has 0 bridgehead atoms. The number of hydrogen-bond donors (Lipinski definition) is 1. The van der Waals surface area contributed by atoms with Crippen LogP contribution in [0, 0.1) is 5.82 Å². The lowest BCUT2D eigenvalue weighted by molar-refractivity contribution is -0.275. The largest absolute Gasteiger partial charge is 0.478 e. The van der Waals surface area contributed by atoms with Gasteiger partial charge in [-0.05, 0) is 24.3 Å². The Labute approximate surface area is 175 Å². The van der Waals surface area contributed by atoms with Crippen molar-refractivity contribution in [2.24, 2.45) is 5.16 Å². The SMILES string of the molecule is O=C(O)c1ccc(C2=NOC(c3cc(Cl)c(F)c(Cl)c3)(C(F)(F)F)C2)c2ccoc12. The number of carboxylic acids is 1. The second-order valence-electron chi connectivity index (χ2n) is 6.51. The Balaban J connectivity index is 1.83. The van der Waals surface area contributed by atoms with E-state index in [1.807, 2.05) is 0 Å². The van der Waals surface area contributed by atoms with E-state index in [1.165, 1.54) is 24.5 Å². The number of furan rings is 1. The van der Waals surface area contributed by atoms with Gasteiger partial charge in [0.1, 0.15) is 11.1 Å². The van der Waals surface area contributed by atoms with Crippen LogP contribution in [0.2, 0.25) is 10.0 Å². The van der Waals surface area contributed by atoms with E-state index in [4.69, 9.17) is 32.5 Å². The average Bonchev–Trinajstić information content (AvgIpc) is 3.32. The molecular weight excluding hydrogens is 453 g/mol. The molecule has 11 heteroatoms. The Hall–Kier alpha value is -2.78. The monoisotopic (exact) mass is 461 g/mol. The number of fused-ring (bicyclic) bond motifs is 1. The summed E-state index contributed by atoms with van der Waals surface area (Å²) in [6.45, 7) is 0. The number of hydrogen-bond acceptors (Lipinski definition) is 4. The van der Waals surface area contributed by atoms with Gasteiger partial charge in [0, 0.05) is 22.9 Å². The molecule has 3 aromatic rings. The van der Waals surface area contributed by atoms with Crippen molar-refractivity contribution in [3.8, 4) is 0 Å². The van der Waals surface area contributed by atoms with E-state index in [0.29, 0.717) is 0 Å². The first-order valence-electron chi connectivity index (χ1n) is 8.26. The highest BCUT2D eigenvalue weighted by Crippen LogP contribution is 2.50. The fraction of sp³-hybridized carbons (Fsp3) is 0.158. The standard InChI is InChI=1S/C19H9Cl2F4NO4/c20-12-5-8(6-13(21)15(12)22)18(19(23,24)25)7-14(26-30-18)9-1-2-11(17(27)28)16-10(9)3-4-29-16/h1-6H,7H2,(H,27,28). The first-order valence-corrected chi connectivity index (χ1v) is 9.01. The van der Waals surface area contributed by atoms with Crippen LogP contribution in [0.25, 0.3) is 11.0 Å². The second kappa shape index (κ2) is 6.88. The van der Waals surface area contributed by atoms with E-state index in [1.54, 1.807) is 0 Å². The number of halogens is 6. The number of nitrogens with zero attached hydrogens (tertiary/aromatic N) is 1. The van der Waals surface area contributed by atoms with E-state index in [2.05, 4.69) is 5.16 Å². The minimum atomic E-state index is -4.96. The predicted octanol–water partition coefficient (Wildman–Crippen LogP) is 6.16. The third-order valence-electron chi connectivity index (χ3n) is 4.79. The summed E-state index contributed by atoms with van der Waals surface area (Å²) in [5, 5.41) is 11.9. The van der Waals surface area contributed by atoms with Gasteiger partial charge in [0.15, 0.2) is 5.82 Å². The van der Waals surface area contributed by atoms with Gasteiger partial charge in [-0.15, -0.1) is 0 Å². The molecule has 156 valence electrons. The topological polar surface area (TPSA) is 72.0 Å². The van der Waals surface area contributed by atoms with Gasteiger partial charge in [-0.2, -0.15) is 13.2 Å². The molecule has 0 fully saturated rings. The average molecular weight is 462 g/mol. The minimum Gasteiger partial charge on any atom is -0.478 e. The van der Waals surface area contributed by atoms with E-state index in [9.17, 15) is 27.5 Å². The van der Waals surface area contributed by atoms with Crippen molar-refractivity contribution in [3.05, 3.63) is 69.1 Å². The van der Waals surface area contributed by atoms with Gasteiger partial charge in [-0.1, -0.05) is 34.4 Å². The number of alkyl halides is 3. The van der Waals surface area contributed by atoms with Gasteiger partial charge in [0.05, 0.1) is 22.0 Å². The van der Waals surface area contributed by atoms with Gasteiger partial charge in [-0.3, -0.25) is 0 Å². The van der Waals surface area contributed by atoms with Crippen LogP contribution in [-0.2, 0) is 10.4 Å². The summed E-state index contributed by atoms with van der Waals surface area (Å²) in [6, 6.07) is 5.51. The molecule has 0 saturated heterocycles. The van der Waals surface area contributed by atoms with Crippen LogP contribution < -0.4 is 0 Å². The van der Waals surface area contributed by atoms with Crippen LogP contribution in [0.3, 0.4) is 0 Å². The van der Waals surface area contributed by atoms with Crippen LogP contribution in [0.4, 0.5) is 17.6 Å². The van der Waals surface area contributed by atoms with Gasteiger partial charge in [0.2, 0.25) is 0 Å². The highest BCUT2D eigenvalue weighted by molar-refractivity contribution is 6.35. The summed E-state index contributed by atoms with van der Waals surface area (Å²) in [6.07, 6.45) is -4.52. The molecule has 4 rings (SSSR count). The number of oxime groups is 1. The van der Waals surface area contributed by atoms with Crippen molar-refractivity contribution in [2.45, 2.75) is 18.2 Å². The smallest absolute Gasteiger partial charge is 0.435 e. The highest BCUT2D eigenvalue weighted by atomic mass is 35.5. The van der Waals surface area contributed by atoms with Crippen LogP contribution in [0.15, 0.2) is 46.2 Å². The molecule has 1 unspecified atom stereocenters. The zero-order valence-electron chi connectivity index (χ0n) is 14.6. The Morgan fingerprint density at radius 2 is 1.83 bits per heavy atom. The molecule has 0 saturated carbocycles. The van der Waals surface area contributed by atoms with Crippen molar-refractivity contribution in [1.82, 2.24) is 0 Å². The van der Waals surface area contributed by atoms with Gasteiger partial charge < -0.3 is 14.4 Å². The van der Waals surface area contributed by atoms with E-state index >= 15 is 0 Å².